The van der Waals surface area contributed by atoms with Crippen molar-refractivity contribution in [2.24, 2.45) is 0 Å². The highest BCUT2D eigenvalue weighted by molar-refractivity contribution is 6.31. The number of aliphatic hydroxyl groups is 5. The summed E-state index contributed by atoms with van der Waals surface area (Å²) in [7, 11) is 0. The van der Waals surface area contributed by atoms with Gasteiger partial charge in [0.05, 0.1) is 6.61 Å². The van der Waals surface area contributed by atoms with Crippen LogP contribution in [0.3, 0.4) is 0 Å². The smallest absolute Gasteiger partial charge is 0.222 e. The summed E-state index contributed by atoms with van der Waals surface area (Å²) < 4.78 is 5.33. The van der Waals surface area contributed by atoms with E-state index in [0.29, 0.717) is 17.0 Å². The minimum Gasteiger partial charge on any atom is -0.508 e. The lowest BCUT2D eigenvalue weighted by molar-refractivity contribution is -0.357. The topological polar surface area (TPSA) is 131 Å². The molecule has 2 aromatic carbocycles. The predicted molar refractivity (Wildman–Crippen MR) is 96.2 cm³/mol. The van der Waals surface area contributed by atoms with Gasteiger partial charge >= 0.3 is 0 Å². The molecule has 1 aliphatic rings. The van der Waals surface area contributed by atoms with Crippen LogP contribution in [0, 0.1) is 0 Å². The van der Waals surface area contributed by atoms with Crippen LogP contribution >= 0.6 is 11.6 Å². The van der Waals surface area contributed by atoms with E-state index in [-0.39, 0.29) is 11.3 Å². The van der Waals surface area contributed by atoms with Crippen LogP contribution in [-0.4, -0.2) is 61.7 Å². The Labute approximate surface area is 160 Å². The highest BCUT2D eigenvalue weighted by Crippen LogP contribution is 2.37. The molecule has 0 aromatic heterocycles. The number of hydrogen-bond acceptors (Lipinski definition) is 7. The van der Waals surface area contributed by atoms with Gasteiger partial charge in [0.1, 0.15) is 30.2 Å². The molecule has 0 aliphatic carbocycles. The maximum Gasteiger partial charge on any atom is 0.222 e. The molecule has 6 N–H and O–H groups in total. The number of ether oxygens (including phenoxy) is 1. The van der Waals surface area contributed by atoms with Crippen molar-refractivity contribution >= 4 is 11.6 Å². The van der Waals surface area contributed by atoms with Gasteiger partial charge in [-0.1, -0.05) is 29.8 Å². The summed E-state index contributed by atoms with van der Waals surface area (Å²) in [5.74, 6) is -2.20. The molecular weight excluding hydrogens is 376 g/mol. The average Bonchev–Trinajstić information content (AvgIpc) is 2.66. The van der Waals surface area contributed by atoms with Crippen LogP contribution in [0.1, 0.15) is 16.7 Å². The van der Waals surface area contributed by atoms with E-state index in [1.807, 2.05) is 0 Å². The van der Waals surface area contributed by atoms with Crippen molar-refractivity contribution in [3.63, 3.8) is 0 Å². The fourth-order valence-electron chi connectivity index (χ4n) is 3.16. The number of rotatable bonds is 4. The van der Waals surface area contributed by atoms with Gasteiger partial charge in [0.15, 0.2) is 0 Å². The molecule has 0 amide bonds. The van der Waals surface area contributed by atoms with Crippen molar-refractivity contribution in [1.29, 1.82) is 0 Å². The first-order chi connectivity index (χ1) is 12.8. The third-order valence-electron chi connectivity index (χ3n) is 4.76. The number of benzene rings is 2. The average molecular weight is 397 g/mol. The quantitative estimate of drug-likeness (QED) is 0.437. The molecule has 5 atom stereocenters. The van der Waals surface area contributed by atoms with Crippen LogP contribution in [0.2, 0.25) is 5.02 Å². The molecule has 2 aromatic rings. The Kier molecular flexibility index (Phi) is 5.73. The van der Waals surface area contributed by atoms with Gasteiger partial charge in [0.2, 0.25) is 5.79 Å². The summed E-state index contributed by atoms with van der Waals surface area (Å²) in [6.45, 7) is -0.652. The van der Waals surface area contributed by atoms with E-state index in [1.165, 1.54) is 30.3 Å². The van der Waals surface area contributed by atoms with Crippen LogP contribution in [0.5, 0.6) is 5.75 Å². The summed E-state index contributed by atoms with van der Waals surface area (Å²) in [5.41, 5.74) is 1.59. The molecule has 1 unspecified atom stereocenters. The molecule has 1 saturated heterocycles. The van der Waals surface area contributed by atoms with E-state index in [4.69, 9.17) is 16.3 Å². The summed E-state index contributed by atoms with van der Waals surface area (Å²) in [5, 5.41) is 60.2. The van der Waals surface area contributed by atoms with Gasteiger partial charge in [-0.2, -0.15) is 0 Å². The van der Waals surface area contributed by atoms with Crippen LogP contribution < -0.4 is 0 Å². The monoisotopic (exact) mass is 396 g/mol. The van der Waals surface area contributed by atoms with Gasteiger partial charge in [0, 0.05) is 10.6 Å². The Morgan fingerprint density at radius 1 is 1.00 bits per heavy atom. The standard InChI is InChI=1S/C19H21ClO7/c20-14-6-3-12(8-11(14)7-10-1-4-13(22)5-2-10)19(26)18(25)17(24)16(23)15(9-21)27-19/h1-6,8,15-18,21-26H,7,9H2/t15-,16-,17+,18-,19?/m1/s1. The molecule has 1 heterocycles. The van der Waals surface area contributed by atoms with E-state index in [1.54, 1.807) is 12.1 Å². The third-order valence-corrected chi connectivity index (χ3v) is 5.13. The SMILES string of the molecule is OC[C@H]1OC(O)(c2ccc(Cl)c(Cc3ccc(O)cc3)c2)[C@H](O)[C@@H](O)[C@@H]1O. The molecule has 27 heavy (non-hydrogen) atoms. The number of halogens is 1. The number of aromatic hydroxyl groups is 1. The predicted octanol–water partition coefficient (Wildman–Crippen LogP) is 0.255. The molecule has 0 bridgehead atoms. The number of phenolic OH excluding ortho intramolecular Hbond substituents is 1. The Morgan fingerprint density at radius 2 is 1.67 bits per heavy atom. The van der Waals surface area contributed by atoms with Crippen LogP contribution in [0.15, 0.2) is 42.5 Å². The highest BCUT2D eigenvalue weighted by Gasteiger charge is 2.53. The van der Waals surface area contributed by atoms with E-state index >= 15 is 0 Å². The molecule has 0 radical (unpaired) electrons. The van der Waals surface area contributed by atoms with Gasteiger partial charge < -0.3 is 35.4 Å². The van der Waals surface area contributed by atoms with Crippen molar-refractivity contribution in [3.05, 3.63) is 64.2 Å². The minimum atomic E-state index is -2.33. The van der Waals surface area contributed by atoms with Crippen molar-refractivity contribution in [2.75, 3.05) is 6.61 Å². The first-order valence-electron chi connectivity index (χ1n) is 8.38. The molecular formula is C19H21ClO7. The number of aliphatic hydroxyl groups excluding tert-OH is 4. The lowest BCUT2D eigenvalue weighted by Crippen LogP contribution is -2.63. The van der Waals surface area contributed by atoms with Crippen LogP contribution in [0.25, 0.3) is 0 Å². The van der Waals surface area contributed by atoms with Gasteiger partial charge in [0.25, 0.3) is 0 Å². The first-order valence-corrected chi connectivity index (χ1v) is 8.76. The second-order valence-electron chi connectivity index (χ2n) is 6.61. The highest BCUT2D eigenvalue weighted by atomic mass is 35.5. The molecule has 8 heteroatoms. The van der Waals surface area contributed by atoms with Gasteiger partial charge in [-0.3, -0.25) is 0 Å². The molecule has 0 saturated carbocycles. The van der Waals surface area contributed by atoms with Crippen molar-refractivity contribution in [2.45, 2.75) is 36.6 Å². The summed E-state index contributed by atoms with van der Waals surface area (Å²) in [4.78, 5) is 0. The van der Waals surface area contributed by atoms with Gasteiger partial charge in [-0.25, -0.2) is 0 Å². The summed E-state index contributed by atoms with van der Waals surface area (Å²) >= 11 is 6.24. The van der Waals surface area contributed by atoms with E-state index in [9.17, 15) is 30.6 Å². The Bertz CT molecular complexity index is 795. The van der Waals surface area contributed by atoms with E-state index in [2.05, 4.69) is 0 Å². The van der Waals surface area contributed by atoms with Gasteiger partial charge in [-0.05, 0) is 41.8 Å². The fourth-order valence-corrected chi connectivity index (χ4v) is 3.34. The van der Waals surface area contributed by atoms with Gasteiger partial charge in [-0.15, -0.1) is 0 Å². The lowest BCUT2D eigenvalue weighted by atomic mass is 9.87. The Balaban J connectivity index is 1.95. The third kappa shape index (κ3) is 3.81. The Morgan fingerprint density at radius 3 is 2.30 bits per heavy atom. The maximum absolute atomic E-state index is 10.9. The molecule has 7 nitrogen and oxygen atoms in total. The van der Waals surface area contributed by atoms with E-state index in [0.717, 1.165) is 5.56 Å². The van der Waals surface area contributed by atoms with Crippen molar-refractivity contribution in [3.8, 4) is 5.75 Å². The summed E-state index contributed by atoms with van der Waals surface area (Å²) in [6, 6.07) is 11.0. The van der Waals surface area contributed by atoms with Crippen LogP contribution in [-0.2, 0) is 16.9 Å². The Hall–Kier alpha value is -1.71. The molecule has 1 aliphatic heterocycles. The second kappa shape index (κ2) is 7.73. The molecule has 146 valence electrons. The fraction of sp³-hybridized carbons (Fsp3) is 0.368. The lowest BCUT2D eigenvalue weighted by Gasteiger charge is -2.45. The molecule has 3 rings (SSSR count). The zero-order valence-corrected chi connectivity index (χ0v) is 15.0. The largest absolute Gasteiger partial charge is 0.508 e. The van der Waals surface area contributed by atoms with Crippen molar-refractivity contribution < 1.29 is 35.4 Å². The zero-order chi connectivity index (χ0) is 19.8. The zero-order valence-electron chi connectivity index (χ0n) is 14.2. The minimum absolute atomic E-state index is 0.123. The number of hydrogen-bond donors (Lipinski definition) is 6. The van der Waals surface area contributed by atoms with Crippen LogP contribution in [0.4, 0.5) is 0 Å². The first kappa shape index (κ1) is 20.0. The summed E-state index contributed by atoms with van der Waals surface area (Å²) in [6.07, 6.45) is -5.98. The molecule has 0 spiro atoms. The maximum atomic E-state index is 10.9. The second-order valence-corrected chi connectivity index (χ2v) is 7.02. The molecule has 1 fully saturated rings. The normalized spacial score (nSPS) is 31.0. The number of phenols is 1. The van der Waals surface area contributed by atoms with E-state index < -0.39 is 36.8 Å². The van der Waals surface area contributed by atoms with Crippen molar-refractivity contribution in [1.82, 2.24) is 0 Å².